The van der Waals surface area contributed by atoms with Crippen molar-refractivity contribution in [1.29, 1.82) is 0 Å². The van der Waals surface area contributed by atoms with Crippen LogP contribution in [0.2, 0.25) is 5.02 Å². The fourth-order valence-electron chi connectivity index (χ4n) is 2.87. The maximum absolute atomic E-state index is 13.9. The predicted octanol–water partition coefficient (Wildman–Crippen LogP) is 5.30. The topological polar surface area (TPSA) is 48.0 Å². The second-order valence-electron chi connectivity index (χ2n) is 6.47. The van der Waals surface area contributed by atoms with Gasteiger partial charge in [0.25, 0.3) is 5.91 Å². The second kappa shape index (κ2) is 10.9. The van der Waals surface area contributed by atoms with Gasteiger partial charge in [-0.2, -0.15) is 0 Å². The molecule has 3 rings (SSSR count). The molecule has 2 aromatic rings. The lowest BCUT2D eigenvalue weighted by molar-refractivity contribution is -0.122. The number of thiocarbonyl (C=S) groups is 1. The summed E-state index contributed by atoms with van der Waals surface area (Å²) in [5.41, 5.74) is 1.07. The Hall–Kier alpha value is -2.13. The number of carbonyl (C=O) groups is 1. The lowest BCUT2D eigenvalue weighted by Crippen LogP contribution is -2.31. The number of amides is 1. The number of halogens is 2. The number of carbonyl (C=O) groups excluding carboxylic acids is 1. The highest BCUT2D eigenvalue weighted by Crippen LogP contribution is 2.39. The average molecular weight is 482 g/mol. The van der Waals surface area contributed by atoms with E-state index in [0.717, 1.165) is 0 Å². The molecule has 0 spiro atoms. The van der Waals surface area contributed by atoms with Crippen molar-refractivity contribution in [3.63, 3.8) is 0 Å². The highest BCUT2D eigenvalue weighted by molar-refractivity contribution is 8.26. The van der Waals surface area contributed by atoms with Crippen molar-refractivity contribution in [3.8, 4) is 11.5 Å². The van der Waals surface area contributed by atoms with E-state index in [-0.39, 0.29) is 18.3 Å². The number of thioether (sulfide) groups is 1. The average Bonchev–Trinajstić information content (AvgIpc) is 3.00. The molecule has 0 unspecified atom stereocenters. The van der Waals surface area contributed by atoms with E-state index in [1.54, 1.807) is 43.5 Å². The fourth-order valence-corrected chi connectivity index (χ4v) is 4.45. The fraction of sp³-hybridized carbons (Fsp3) is 0.273. The Balaban J connectivity index is 1.84. The first-order valence-electron chi connectivity index (χ1n) is 9.51. The minimum absolute atomic E-state index is 0.00394. The van der Waals surface area contributed by atoms with Crippen molar-refractivity contribution < 1.29 is 23.4 Å². The number of methoxy groups -OCH3 is 1. The Bertz CT molecular complexity index is 1020. The molecule has 1 saturated heterocycles. The van der Waals surface area contributed by atoms with E-state index in [0.29, 0.717) is 56.6 Å². The third-order valence-corrected chi connectivity index (χ3v) is 6.01. The molecule has 0 radical (unpaired) electrons. The summed E-state index contributed by atoms with van der Waals surface area (Å²) in [4.78, 5) is 14.6. The van der Waals surface area contributed by atoms with Gasteiger partial charge in [-0.05, 0) is 36.8 Å². The van der Waals surface area contributed by atoms with Gasteiger partial charge in [-0.25, -0.2) is 4.39 Å². The van der Waals surface area contributed by atoms with Gasteiger partial charge in [-0.3, -0.25) is 9.69 Å². The van der Waals surface area contributed by atoms with Crippen molar-refractivity contribution in [2.45, 2.75) is 13.5 Å². The van der Waals surface area contributed by atoms with Crippen LogP contribution in [0.5, 0.6) is 11.5 Å². The van der Waals surface area contributed by atoms with Gasteiger partial charge < -0.3 is 14.2 Å². The second-order valence-corrected chi connectivity index (χ2v) is 8.55. The zero-order chi connectivity index (χ0) is 22.4. The lowest BCUT2D eigenvalue weighted by atomic mass is 10.1. The molecule has 0 saturated carbocycles. The smallest absolute Gasteiger partial charge is 0.266 e. The van der Waals surface area contributed by atoms with Crippen LogP contribution in [0.4, 0.5) is 4.39 Å². The Morgan fingerprint density at radius 1 is 1.26 bits per heavy atom. The number of rotatable bonds is 9. The zero-order valence-corrected chi connectivity index (χ0v) is 19.4. The highest BCUT2D eigenvalue weighted by Gasteiger charge is 2.31. The molecular weight excluding hydrogens is 461 g/mol. The van der Waals surface area contributed by atoms with Crippen molar-refractivity contribution in [2.24, 2.45) is 0 Å². The summed E-state index contributed by atoms with van der Waals surface area (Å²) in [5, 5.41) is 0.295. The Morgan fingerprint density at radius 3 is 2.74 bits per heavy atom. The predicted molar refractivity (Wildman–Crippen MR) is 125 cm³/mol. The van der Waals surface area contributed by atoms with Gasteiger partial charge in [-0.15, -0.1) is 0 Å². The maximum Gasteiger partial charge on any atom is 0.266 e. The van der Waals surface area contributed by atoms with Crippen LogP contribution in [-0.4, -0.2) is 42.0 Å². The summed E-state index contributed by atoms with van der Waals surface area (Å²) in [6.07, 6.45) is 1.71. The number of hydrogen-bond acceptors (Lipinski definition) is 6. The van der Waals surface area contributed by atoms with Crippen LogP contribution in [0.1, 0.15) is 18.1 Å². The molecule has 0 bridgehead atoms. The van der Waals surface area contributed by atoms with Crippen LogP contribution in [0, 0.1) is 5.82 Å². The van der Waals surface area contributed by atoms with Gasteiger partial charge in [-0.1, -0.05) is 53.8 Å². The largest absolute Gasteiger partial charge is 0.490 e. The van der Waals surface area contributed by atoms with Crippen LogP contribution in [-0.2, 0) is 16.1 Å². The standard InChI is InChI=1S/C22H21ClFNO4S2/c1-3-28-18-11-14(12-19-21(26)25(8-9-27-2)22(30)31-19)10-16(23)20(18)29-13-15-6-4-5-7-17(15)24/h4-7,10-12H,3,8-9,13H2,1-2H3/b19-12-. The molecule has 1 aliphatic heterocycles. The van der Waals surface area contributed by atoms with Gasteiger partial charge in [0.15, 0.2) is 11.5 Å². The van der Waals surface area contributed by atoms with Crippen LogP contribution in [0.15, 0.2) is 41.3 Å². The van der Waals surface area contributed by atoms with E-state index in [1.165, 1.54) is 22.7 Å². The Kier molecular flexibility index (Phi) is 8.31. The van der Waals surface area contributed by atoms with E-state index in [2.05, 4.69) is 0 Å². The molecule has 9 heteroatoms. The summed E-state index contributed by atoms with van der Waals surface area (Å²) < 4.78 is 30.9. The molecule has 0 N–H and O–H groups in total. The molecule has 1 fully saturated rings. The molecule has 0 atom stereocenters. The van der Waals surface area contributed by atoms with Crippen molar-refractivity contribution >= 4 is 51.9 Å². The van der Waals surface area contributed by atoms with Crippen LogP contribution in [0.3, 0.4) is 0 Å². The number of benzene rings is 2. The lowest BCUT2D eigenvalue weighted by Gasteiger charge is -2.15. The van der Waals surface area contributed by atoms with Crippen LogP contribution >= 0.6 is 35.6 Å². The van der Waals surface area contributed by atoms with Crippen molar-refractivity contribution in [3.05, 3.63) is 63.3 Å². The molecule has 31 heavy (non-hydrogen) atoms. The Labute approximate surface area is 195 Å². The molecule has 1 heterocycles. The van der Waals surface area contributed by atoms with Gasteiger partial charge in [0.05, 0.1) is 29.7 Å². The monoisotopic (exact) mass is 481 g/mol. The summed E-state index contributed by atoms with van der Waals surface area (Å²) in [6, 6.07) is 9.76. The highest BCUT2D eigenvalue weighted by atomic mass is 35.5. The zero-order valence-electron chi connectivity index (χ0n) is 17.0. The first kappa shape index (κ1) is 23.5. The number of hydrogen-bond donors (Lipinski definition) is 0. The molecule has 2 aromatic carbocycles. The quantitative estimate of drug-likeness (QED) is 0.357. The molecule has 0 aromatic heterocycles. The minimum atomic E-state index is -0.358. The van der Waals surface area contributed by atoms with E-state index < -0.39 is 0 Å². The number of nitrogens with zero attached hydrogens (tertiary/aromatic N) is 1. The van der Waals surface area contributed by atoms with Crippen molar-refractivity contribution in [2.75, 3.05) is 26.9 Å². The first-order chi connectivity index (χ1) is 14.9. The SMILES string of the molecule is CCOc1cc(/C=C2\SC(=S)N(CCOC)C2=O)cc(Cl)c1OCc1ccccc1F. The molecule has 1 aliphatic rings. The summed E-state index contributed by atoms with van der Waals surface area (Å²) in [5.74, 6) is 0.189. The van der Waals surface area contributed by atoms with E-state index in [1.807, 2.05) is 6.92 Å². The van der Waals surface area contributed by atoms with Gasteiger partial charge in [0.2, 0.25) is 0 Å². The van der Waals surface area contributed by atoms with Crippen LogP contribution < -0.4 is 9.47 Å². The third kappa shape index (κ3) is 5.77. The van der Waals surface area contributed by atoms with Crippen LogP contribution in [0.25, 0.3) is 6.08 Å². The summed E-state index contributed by atoms with van der Waals surface area (Å²) in [6.45, 7) is 3.02. The molecular formula is C22H21ClFNO4S2. The third-order valence-electron chi connectivity index (χ3n) is 4.35. The van der Waals surface area contributed by atoms with E-state index >= 15 is 0 Å². The molecule has 1 amide bonds. The number of ether oxygens (including phenoxy) is 3. The van der Waals surface area contributed by atoms with Gasteiger partial charge in [0.1, 0.15) is 16.7 Å². The minimum Gasteiger partial charge on any atom is -0.490 e. The summed E-state index contributed by atoms with van der Waals surface area (Å²) in [7, 11) is 1.57. The normalized spacial score (nSPS) is 15.1. The molecule has 164 valence electrons. The molecule has 5 nitrogen and oxygen atoms in total. The first-order valence-corrected chi connectivity index (χ1v) is 11.1. The van der Waals surface area contributed by atoms with E-state index in [9.17, 15) is 9.18 Å². The Morgan fingerprint density at radius 2 is 2.03 bits per heavy atom. The molecule has 0 aliphatic carbocycles. The van der Waals surface area contributed by atoms with Gasteiger partial charge >= 0.3 is 0 Å². The maximum atomic E-state index is 13.9. The van der Waals surface area contributed by atoms with E-state index in [4.69, 9.17) is 38.0 Å². The van der Waals surface area contributed by atoms with Crippen molar-refractivity contribution in [1.82, 2.24) is 4.90 Å². The summed E-state index contributed by atoms with van der Waals surface area (Å²) >= 11 is 13.0. The van der Waals surface area contributed by atoms with Gasteiger partial charge in [0, 0.05) is 12.7 Å².